The second-order valence-electron chi connectivity index (χ2n) is 4.30. The first-order valence-corrected chi connectivity index (χ1v) is 9.06. The number of nitrogens with zero attached hydrogens (tertiary/aromatic N) is 2. The van der Waals surface area contributed by atoms with Gasteiger partial charge in [0.25, 0.3) is 0 Å². The maximum Gasteiger partial charge on any atom is 0.194 e. The number of sulfone groups is 1. The maximum atomic E-state index is 11.1. The molecule has 0 aromatic carbocycles. The summed E-state index contributed by atoms with van der Waals surface area (Å²) in [6.45, 7) is 3.80. The Balaban J connectivity index is 2.62. The molecule has 0 aliphatic rings. The molecular weight excluding hydrogens is 282 g/mol. The van der Waals surface area contributed by atoms with Gasteiger partial charge in [-0.25, -0.2) is 8.42 Å². The summed E-state index contributed by atoms with van der Waals surface area (Å²) in [7, 11) is -1.02. The lowest BCUT2D eigenvalue weighted by Crippen LogP contribution is -2.38. The Labute approximate surface area is 119 Å². The van der Waals surface area contributed by atoms with Gasteiger partial charge in [0.1, 0.15) is 9.84 Å². The fourth-order valence-corrected chi connectivity index (χ4v) is 2.68. The standard InChI is InChI=1S/C12H21N3O2S2/c1-4-13-12(14-7-9-19(3,16)17)15(2)10-11-6-5-8-18-11/h5-6,8H,4,7,9-10H2,1-3H3,(H,13,14). The van der Waals surface area contributed by atoms with E-state index in [0.29, 0.717) is 0 Å². The van der Waals surface area contributed by atoms with Gasteiger partial charge < -0.3 is 10.2 Å². The van der Waals surface area contributed by atoms with Gasteiger partial charge in [-0.3, -0.25) is 4.99 Å². The molecule has 7 heteroatoms. The Morgan fingerprint density at radius 3 is 2.79 bits per heavy atom. The molecule has 1 aromatic rings. The molecule has 5 nitrogen and oxygen atoms in total. The highest BCUT2D eigenvalue weighted by molar-refractivity contribution is 7.90. The summed E-state index contributed by atoms with van der Waals surface area (Å²) in [5, 5.41) is 5.21. The van der Waals surface area contributed by atoms with E-state index < -0.39 is 9.84 Å². The first-order chi connectivity index (χ1) is 8.92. The summed E-state index contributed by atoms with van der Waals surface area (Å²) in [4.78, 5) is 7.58. The topological polar surface area (TPSA) is 61.8 Å². The highest BCUT2D eigenvalue weighted by atomic mass is 32.2. The number of guanidine groups is 1. The Morgan fingerprint density at radius 2 is 2.26 bits per heavy atom. The van der Waals surface area contributed by atoms with Crippen LogP contribution in [0.25, 0.3) is 0 Å². The lowest BCUT2D eigenvalue weighted by Gasteiger charge is -2.21. The van der Waals surface area contributed by atoms with E-state index in [1.165, 1.54) is 11.1 Å². The summed E-state index contributed by atoms with van der Waals surface area (Å²) in [6.07, 6.45) is 1.23. The van der Waals surface area contributed by atoms with Crippen LogP contribution in [-0.4, -0.2) is 51.4 Å². The van der Waals surface area contributed by atoms with Gasteiger partial charge in [0.05, 0.1) is 18.8 Å². The number of hydrogen-bond acceptors (Lipinski definition) is 4. The number of rotatable bonds is 6. The normalized spacial score (nSPS) is 12.5. The third kappa shape index (κ3) is 6.58. The maximum absolute atomic E-state index is 11.1. The number of thiophene rings is 1. The average molecular weight is 303 g/mol. The van der Waals surface area contributed by atoms with Gasteiger partial charge in [-0.2, -0.15) is 0 Å². The van der Waals surface area contributed by atoms with Crippen LogP contribution in [0.15, 0.2) is 22.5 Å². The molecule has 0 saturated heterocycles. The Kier molecular flexibility index (Phi) is 6.30. The fourth-order valence-electron chi connectivity index (χ4n) is 1.50. The minimum atomic E-state index is -2.96. The molecule has 0 fully saturated rings. The monoisotopic (exact) mass is 303 g/mol. The molecule has 0 bridgehead atoms. The van der Waals surface area contributed by atoms with Crippen LogP contribution in [0.5, 0.6) is 0 Å². The molecule has 1 N–H and O–H groups in total. The van der Waals surface area contributed by atoms with Crippen LogP contribution >= 0.6 is 11.3 Å². The average Bonchev–Trinajstić information content (AvgIpc) is 2.79. The molecule has 0 atom stereocenters. The van der Waals surface area contributed by atoms with E-state index in [2.05, 4.69) is 16.4 Å². The molecule has 0 saturated carbocycles. The van der Waals surface area contributed by atoms with Crippen molar-refractivity contribution in [3.63, 3.8) is 0 Å². The highest BCUT2D eigenvalue weighted by Gasteiger charge is 2.08. The van der Waals surface area contributed by atoms with Crippen LogP contribution in [0.4, 0.5) is 0 Å². The minimum absolute atomic E-state index is 0.0781. The summed E-state index contributed by atoms with van der Waals surface area (Å²) in [5.41, 5.74) is 0. The largest absolute Gasteiger partial charge is 0.357 e. The third-order valence-corrected chi connectivity index (χ3v) is 4.18. The van der Waals surface area contributed by atoms with Crippen LogP contribution < -0.4 is 5.32 Å². The third-order valence-electron chi connectivity index (χ3n) is 2.39. The van der Waals surface area contributed by atoms with Gasteiger partial charge in [0, 0.05) is 24.7 Å². The van der Waals surface area contributed by atoms with Crippen LogP contribution in [0.2, 0.25) is 0 Å². The van der Waals surface area contributed by atoms with Crippen molar-refractivity contribution in [2.75, 3.05) is 32.1 Å². The van der Waals surface area contributed by atoms with E-state index >= 15 is 0 Å². The van der Waals surface area contributed by atoms with Crippen LogP contribution in [0.3, 0.4) is 0 Å². The van der Waals surface area contributed by atoms with Crippen molar-refractivity contribution in [1.29, 1.82) is 0 Å². The van der Waals surface area contributed by atoms with E-state index in [9.17, 15) is 8.42 Å². The molecule has 0 radical (unpaired) electrons. The molecule has 1 aromatic heterocycles. The molecule has 0 spiro atoms. The zero-order chi connectivity index (χ0) is 14.3. The van der Waals surface area contributed by atoms with E-state index in [4.69, 9.17) is 0 Å². The molecule has 0 amide bonds. The molecule has 1 rings (SSSR count). The van der Waals surface area contributed by atoms with E-state index in [1.807, 2.05) is 30.3 Å². The van der Waals surface area contributed by atoms with E-state index in [0.717, 1.165) is 19.0 Å². The van der Waals surface area contributed by atoms with Gasteiger partial charge in [-0.1, -0.05) is 6.07 Å². The van der Waals surface area contributed by atoms with Crippen molar-refractivity contribution in [3.05, 3.63) is 22.4 Å². The Hall–Kier alpha value is -1.08. The van der Waals surface area contributed by atoms with Gasteiger partial charge >= 0.3 is 0 Å². The molecule has 0 aliphatic carbocycles. The second kappa shape index (κ2) is 7.49. The van der Waals surface area contributed by atoms with Crippen molar-refractivity contribution < 1.29 is 8.42 Å². The van der Waals surface area contributed by atoms with Crippen LogP contribution in [0.1, 0.15) is 11.8 Å². The zero-order valence-corrected chi connectivity index (χ0v) is 13.2. The van der Waals surface area contributed by atoms with E-state index in [1.54, 1.807) is 11.3 Å². The molecular formula is C12H21N3O2S2. The van der Waals surface area contributed by atoms with E-state index in [-0.39, 0.29) is 12.3 Å². The summed E-state index contributed by atoms with van der Waals surface area (Å²) in [6, 6.07) is 4.09. The molecule has 0 aliphatic heterocycles. The Bertz CT molecular complexity index is 495. The van der Waals surface area contributed by atoms with Crippen molar-refractivity contribution in [2.45, 2.75) is 13.5 Å². The smallest absolute Gasteiger partial charge is 0.194 e. The first kappa shape index (κ1) is 16.0. The van der Waals surface area contributed by atoms with Gasteiger partial charge in [0.15, 0.2) is 5.96 Å². The molecule has 0 unspecified atom stereocenters. The van der Waals surface area contributed by atoms with Crippen molar-refractivity contribution in [2.24, 2.45) is 4.99 Å². The summed E-state index contributed by atoms with van der Waals surface area (Å²) < 4.78 is 22.2. The van der Waals surface area contributed by atoms with Crippen LogP contribution in [0, 0.1) is 0 Å². The fraction of sp³-hybridized carbons (Fsp3) is 0.583. The van der Waals surface area contributed by atoms with Crippen molar-refractivity contribution in [1.82, 2.24) is 10.2 Å². The lowest BCUT2D eigenvalue weighted by molar-refractivity contribution is 0.482. The summed E-state index contributed by atoms with van der Waals surface area (Å²) >= 11 is 1.69. The molecule has 1 heterocycles. The highest BCUT2D eigenvalue weighted by Crippen LogP contribution is 2.10. The predicted octanol–water partition coefficient (Wildman–Crippen LogP) is 1.19. The van der Waals surface area contributed by atoms with Gasteiger partial charge in [-0.15, -0.1) is 11.3 Å². The predicted molar refractivity (Wildman–Crippen MR) is 81.5 cm³/mol. The first-order valence-electron chi connectivity index (χ1n) is 6.12. The van der Waals surface area contributed by atoms with Gasteiger partial charge in [-0.05, 0) is 18.4 Å². The summed E-state index contributed by atoms with van der Waals surface area (Å²) in [5.74, 6) is 0.814. The lowest BCUT2D eigenvalue weighted by atomic mass is 10.4. The van der Waals surface area contributed by atoms with Crippen molar-refractivity contribution >= 4 is 27.1 Å². The van der Waals surface area contributed by atoms with Crippen molar-refractivity contribution in [3.8, 4) is 0 Å². The number of aliphatic imine (C=N–C) groups is 1. The Morgan fingerprint density at radius 1 is 1.53 bits per heavy atom. The SMILES string of the molecule is CCNC(=NCCS(C)(=O)=O)N(C)Cc1cccs1. The number of nitrogens with one attached hydrogen (secondary N) is 1. The minimum Gasteiger partial charge on any atom is -0.357 e. The zero-order valence-electron chi connectivity index (χ0n) is 11.6. The molecule has 19 heavy (non-hydrogen) atoms. The number of hydrogen-bond donors (Lipinski definition) is 1. The quantitative estimate of drug-likeness (QED) is 0.633. The van der Waals surface area contributed by atoms with Crippen LogP contribution in [-0.2, 0) is 16.4 Å². The molecule has 108 valence electrons. The van der Waals surface area contributed by atoms with Gasteiger partial charge in [0.2, 0.25) is 0 Å². The second-order valence-corrected chi connectivity index (χ2v) is 7.59.